The van der Waals surface area contributed by atoms with Crippen LogP contribution >= 0.6 is 0 Å². The normalized spacial score (nSPS) is 16.2. The highest BCUT2D eigenvalue weighted by atomic mass is 16.5. The van der Waals surface area contributed by atoms with Crippen molar-refractivity contribution in [3.05, 3.63) is 35.1 Å². The lowest BCUT2D eigenvalue weighted by Gasteiger charge is -2.29. The van der Waals surface area contributed by atoms with Crippen molar-refractivity contribution in [1.29, 1.82) is 0 Å². The Kier molecular flexibility index (Phi) is 10.0. The van der Waals surface area contributed by atoms with Gasteiger partial charge in [-0.2, -0.15) is 0 Å². The average molecular weight is 447 g/mol. The largest absolute Gasteiger partial charge is 0.503 e. The number of aliphatic hydroxyl groups excluding tert-OH is 1. The summed E-state index contributed by atoms with van der Waals surface area (Å²) in [5, 5.41) is 10.5. The summed E-state index contributed by atoms with van der Waals surface area (Å²) in [5.41, 5.74) is 0.775. The number of methoxy groups -OCH3 is 2. The van der Waals surface area contributed by atoms with E-state index in [1.54, 1.807) is 30.2 Å². The van der Waals surface area contributed by atoms with Gasteiger partial charge in [0.05, 0.1) is 25.8 Å². The molecule has 1 atom stereocenters. The first-order chi connectivity index (χ1) is 15.4. The molecule has 0 spiro atoms. The van der Waals surface area contributed by atoms with Gasteiger partial charge in [0.1, 0.15) is 11.5 Å². The standard InChI is InChI=1S/C25H38N2O5/c1-6-8-13-26(14-9-7-2)15-10-16-27-23(22(18(3)28)24(29)25(27)30)20-12-11-19(31-4)17-21(20)32-5/h11-12,17,23,29H,6-10,13-16H2,1-5H3. The number of ketones is 1. The third-order valence-electron chi connectivity index (χ3n) is 5.95. The minimum absolute atomic E-state index is 0.118. The minimum atomic E-state index is -0.680. The number of Topliss-reactive ketones (excluding diaryl/α,β-unsaturated/α-hetero) is 1. The van der Waals surface area contributed by atoms with Crippen LogP contribution in [-0.4, -0.2) is 67.0 Å². The number of hydrogen-bond donors (Lipinski definition) is 1. The summed E-state index contributed by atoms with van der Waals surface area (Å²) < 4.78 is 10.8. The van der Waals surface area contributed by atoms with Crippen LogP contribution in [0.3, 0.4) is 0 Å². The van der Waals surface area contributed by atoms with Crippen molar-refractivity contribution in [3.8, 4) is 11.5 Å². The van der Waals surface area contributed by atoms with Gasteiger partial charge in [0.25, 0.3) is 5.91 Å². The molecule has 1 aliphatic rings. The van der Waals surface area contributed by atoms with E-state index < -0.39 is 17.7 Å². The van der Waals surface area contributed by atoms with Crippen molar-refractivity contribution in [2.75, 3.05) is 40.4 Å². The smallest absolute Gasteiger partial charge is 0.290 e. The van der Waals surface area contributed by atoms with E-state index >= 15 is 0 Å². The van der Waals surface area contributed by atoms with Crippen molar-refractivity contribution >= 4 is 11.7 Å². The van der Waals surface area contributed by atoms with Gasteiger partial charge < -0.3 is 24.4 Å². The number of ether oxygens (including phenoxy) is 2. The van der Waals surface area contributed by atoms with E-state index in [2.05, 4.69) is 18.7 Å². The second kappa shape index (κ2) is 12.5. The first-order valence-corrected chi connectivity index (χ1v) is 11.6. The lowest BCUT2D eigenvalue weighted by atomic mass is 9.95. The maximum Gasteiger partial charge on any atom is 0.290 e. The van der Waals surface area contributed by atoms with Gasteiger partial charge in [0.2, 0.25) is 0 Å². The van der Waals surface area contributed by atoms with Gasteiger partial charge in [0, 0.05) is 18.2 Å². The molecule has 0 bridgehead atoms. The van der Waals surface area contributed by atoms with E-state index in [9.17, 15) is 14.7 Å². The van der Waals surface area contributed by atoms with Gasteiger partial charge in [-0.25, -0.2) is 0 Å². The maximum absolute atomic E-state index is 12.9. The van der Waals surface area contributed by atoms with E-state index in [0.717, 1.165) is 51.7 Å². The molecule has 178 valence electrons. The predicted octanol–water partition coefficient (Wildman–Crippen LogP) is 4.28. The first-order valence-electron chi connectivity index (χ1n) is 11.6. The van der Waals surface area contributed by atoms with Gasteiger partial charge in [-0.15, -0.1) is 0 Å². The molecule has 0 aliphatic carbocycles. The number of nitrogens with zero attached hydrogens (tertiary/aromatic N) is 2. The second-order valence-corrected chi connectivity index (χ2v) is 8.23. The Bertz CT molecular complexity index is 813. The van der Waals surface area contributed by atoms with Crippen molar-refractivity contribution < 1.29 is 24.2 Å². The molecule has 0 aromatic heterocycles. The van der Waals surface area contributed by atoms with Crippen LogP contribution in [0.5, 0.6) is 11.5 Å². The third kappa shape index (κ3) is 6.03. The Morgan fingerprint density at radius 2 is 1.69 bits per heavy atom. The van der Waals surface area contributed by atoms with Gasteiger partial charge in [0.15, 0.2) is 11.5 Å². The summed E-state index contributed by atoms with van der Waals surface area (Å²) >= 11 is 0. The molecular formula is C25H38N2O5. The Morgan fingerprint density at radius 1 is 1.06 bits per heavy atom. The maximum atomic E-state index is 12.9. The van der Waals surface area contributed by atoms with Gasteiger partial charge in [-0.1, -0.05) is 26.7 Å². The quantitative estimate of drug-likeness (QED) is 0.459. The highest BCUT2D eigenvalue weighted by molar-refractivity contribution is 6.08. The lowest BCUT2D eigenvalue weighted by molar-refractivity contribution is -0.129. The molecule has 1 N–H and O–H groups in total. The van der Waals surface area contributed by atoms with Crippen molar-refractivity contribution in [3.63, 3.8) is 0 Å². The van der Waals surface area contributed by atoms with Crippen LogP contribution in [0.2, 0.25) is 0 Å². The summed E-state index contributed by atoms with van der Waals surface area (Å²) in [6, 6.07) is 4.60. The van der Waals surface area contributed by atoms with Crippen LogP contribution < -0.4 is 9.47 Å². The summed E-state index contributed by atoms with van der Waals surface area (Å²) in [4.78, 5) is 29.4. The number of carbonyl (C=O) groups is 2. The fourth-order valence-electron chi connectivity index (χ4n) is 4.17. The number of unbranched alkanes of at least 4 members (excludes halogenated alkanes) is 2. The second-order valence-electron chi connectivity index (χ2n) is 8.23. The molecule has 1 aromatic rings. The number of hydrogen-bond acceptors (Lipinski definition) is 6. The zero-order valence-corrected chi connectivity index (χ0v) is 20.1. The fourth-order valence-corrected chi connectivity index (χ4v) is 4.17. The van der Waals surface area contributed by atoms with Crippen LogP contribution in [0.4, 0.5) is 0 Å². The van der Waals surface area contributed by atoms with Crippen LogP contribution in [-0.2, 0) is 9.59 Å². The molecule has 0 saturated carbocycles. The molecule has 1 amide bonds. The van der Waals surface area contributed by atoms with Gasteiger partial charge >= 0.3 is 0 Å². The molecule has 0 saturated heterocycles. The summed E-state index contributed by atoms with van der Waals surface area (Å²) in [5.74, 6) is -0.177. The summed E-state index contributed by atoms with van der Waals surface area (Å²) in [6.07, 6.45) is 5.34. The van der Waals surface area contributed by atoms with Crippen LogP contribution in [0.1, 0.15) is 64.5 Å². The van der Waals surface area contributed by atoms with Crippen molar-refractivity contribution in [2.45, 2.75) is 58.9 Å². The van der Waals surface area contributed by atoms with E-state index in [-0.39, 0.29) is 11.4 Å². The molecule has 1 aliphatic heterocycles. The number of amides is 1. The van der Waals surface area contributed by atoms with Gasteiger partial charge in [-0.05, 0) is 58.0 Å². The lowest BCUT2D eigenvalue weighted by Crippen LogP contribution is -2.35. The molecule has 7 nitrogen and oxygen atoms in total. The Hall–Kier alpha value is -2.54. The van der Waals surface area contributed by atoms with Crippen molar-refractivity contribution in [1.82, 2.24) is 9.80 Å². The number of carbonyl (C=O) groups excluding carboxylic acids is 2. The SMILES string of the molecule is CCCCN(CCCC)CCCN1C(=O)C(O)=C(C(C)=O)C1c1ccc(OC)cc1OC. The molecule has 1 unspecified atom stereocenters. The molecule has 2 rings (SSSR count). The van der Waals surface area contributed by atoms with E-state index in [1.165, 1.54) is 14.0 Å². The summed E-state index contributed by atoms with van der Waals surface area (Å²) in [6.45, 7) is 9.14. The minimum Gasteiger partial charge on any atom is -0.503 e. The molecule has 0 radical (unpaired) electrons. The van der Waals surface area contributed by atoms with Crippen LogP contribution in [0.15, 0.2) is 29.5 Å². The zero-order valence-electron chi connectivity index (χ0n) is 20.1. The zero-order chi connectivity index (χ0) is 23.7. The number of aliphatic hydroxyl groups is 1. The highest BCUT2D eigenvalue weighted by Gasteiger charge is 2.43. The molecule has 1 heterocycles. The van der Waals surface area contributed by atoms with E-state index in [1.807, 2.05) is 0 Å². The molecule has 32 heavy (non-hydrogen) atoms. The number of rotatable bonds is 14. The Morgan fingerprint density at radius 3 is 2.22 bits per heavy atom. The molecular weight excluding hydrogens is 408 g/mol. The number of benzene rings is 1. The van der Waals surface area contributed by atoms with Crippen LogP contribution in [0, 0.1) is 0 Å². The molecule has 7 heteroatoms. The predicted molar refractivity (Wildman–Crippen MR) is 125 cm³/mol. The van der Waals surface area contributed by atoms with E-state index in [0.29, 0.717) is 23.6 Å². The molecule has 1 aromatic carbocycles. The topological polar surface area (TPSA) is 79.3 Å². The Balaban J connectivity index is 2.27. The summed E-state index contributed by atoms with van der Waals surface area (Å²) in [7, 11) is 3.10. The first kappa shape index (κ1) is 25.7. The highest BCUT2D eigenvalue weighted by Crippen LogP contribution is 2.42. The Labute approximate surface area is 192 Å². The average Bonchev–Trinajstić information content (AvgIpc) is 3.04. The van der Waals surface area contributed by atoms with Crippen molar-refractivity contribution in [2.24, 2.45) is 0 Å². The third-order valence-corrected chi connectivity index (χ3v) is 5.95. The molecule has 0 fully saturated rings. The van der Waals surface area contributed by atoms with E-state index in [4.69, 9.17) is 9.47 Å². The monoisotopic (exact) mass is 446 g/mol. The van der Waals surface area contributed by atoms with Gasteiger partial charge in [-0.3, -0.25) is 9.59 Å². The van der Waals surface area contributed by atoms with Crippen LogP contribution in [0.25, 0.3) is 0 Å². The fraction of sp³-hybridized carbons (Fsp3) is 0.600.